The third-order valence-electron chi connectivity index (χ3n) is 4.23. The average Bonchev–Trinajstić information content (AvgIpc) is 3.17. The molecule has 0 radical (unpaired) electrons. The lowest BCUT2D eigenvalue weighted by Gasteiger charge is -2.12. The second kappa shape index (κ2) is 10.5. The Morgan fingerprint density at radius 1 is 1.07 bits per heavy atom. The van der Waals surface area contributed by atoms with E-state index in [1.54, 1.807) is 19.3 Å². The number of alkyl halides is 3. The van der Waals surface area contributed by atoms with Crippen LogP contribution in [0.5, 0.6) is 0 Å². The third kappa shape index (κ3) is 6.48. The van der Waals surface area contributed by atoms with Gasteiger partial charge in [-0.2, -0.15) is 13.2 Å². The van der Waals surface area contributed by atoms with Crippen LogP contribution < -0.4 is 10.6 Å². The maximum Gasteiger partial charge on any atom is 0.416 e. The van der Waals surface area contributed by atoms with E-state index < -0.39 is 11.7 Å². The molecule has 0 bridgehead atoms. The number of aliphatic imine (C=N–C) groups is 1. The van der Waals surface area contributed by atoms with E-state index in [4.69, 9.17) is 4.42 Å². The summed E-state index contributed by atoms with van der Waals surface area (Å²) in [6.07, 6.45) is -2.71. The van der Waals surface area contributed by atoms with Crippen LogP contribution in [-0.4, -0.2) is 18.0 Å². The van der Waals surface area contributed by atoms with Gasteiger partial charge in [-0.3, -0.25) is 4.99 Å². The normalized spacial score (nSPS) is 11.7. The van der Waals surface area contributed by atoms with Crippen LogP contribution >= 0.6 is 24.0 Å². The van der Waals surface area contributed by atoms with Gasteiger partial charge in [-0.05, 0) is 24.6 Å². The number of guanidine groups is 1. The molecule has 30 heavy (non-hydrogen) atoms. The van der Waals surface area contributed by atoms with E-state index in [1.165, 1.54) is 6.07 Å². The van der Waals surface area contributed by atoms with Crippen LogP contribution in [0.4, 0.5) is 13.2 Å². The minimum absolute atomic E-state index is 0. The summed E-state index contributed by atoms with van der Waals surface area (Å²) in [6, 6.07) is 13.1. The first-order valence-corrected chi connectivity index (χ1v) is 8.97. The number of hydrogen-bond donors (Lipinski definition) is 2. The first kappa shape index (κ1) is 23.7. The highest BCUT2D eigenvalue weighted by Gasteiger charge is 2.30. The summed E-state index contributed by atoms with van der Waals surface area (Å²) in [5.41, 5.74) is 1.91. The molecule has 3 aromatic rings. The van der Waals surface area contributed by atoms with Crippen molar-refractivity contribution in [3.8, 4) is 11.3 Å². The van der Waals surface area contributed by atoms with E-state index in [2.05, 4.69) is 20.6 Å². The first-order chi connectivity index (χ1) is 13.8. The van der Waals surface area contributed by atoms with Crippen molar-refractivity contribution in [1.29, 1.82) is 0 Å². The van der Waals surface area contributed by atoms with Crippen molar-refractivity contribution in [2.24, 2.45) is 4.99 Å². The molecule has 0 atom stereocenters. The van der Waals surface area contributed by atoms with Gasteiger partial charge in [-0.1, -0.05) is 42.0 Å². The Bertz CT molecular complexity index is 984. The summed E-state index contributed by atoms with van der Waals surface area (Å²) < 4.78 is 44.2. The molecule has 0 unspecified atom stereocenters. The van der Waals surface area contributed by atoms with Crippen molar-refractivity contribution >= 4 is 29.9 Å². The molecule has 9 heteroatoms. The highest BCUT2D eigenvalue weighted by Crippen LogP contribution is 2.29. The van der Waals surface area contributed by atoms with Crippen molar-refractivity contribution in [2.75, 3.05) is 7.05 Å². The lowest BCUT2D eigenvalue weighted by Crippen LogP contribution is -2.36. The second-order valence-corrected chi connectivity index (χ2v) is 6.46. The van der Waals surface area contributed by atoms with Crippen molar-refractivity contribution in [3.05, 3.63) is 77.3 Å². The van der Waals surface area contributed by atoms with Crippen LogP contribution in [-0.2, 0) is 19.3 Å². The molecule has 0 amide bonds. The zero-order valence-electron chi connectivity index (χ0n) is 16.5. The van der Waals surface area contributed by atoms with E-state index in [9.17, 15) is 13.2 Å². The maximum absolute atomic E-state index is 12.8. The Labute approximate surface area is 189 Å². The Hall–Kier alpha value is -2.56. The molecular formula is C21H22F3IN4O. The van der Waals surface area contributed by atoms with Gasteiger partial charge in [0.25, 0.3) is 0 Å². The highest BCUT2D eigenvalue weighted by molar-refractivity contribution is 14.0. The standard InChI is InChI=1S/C21H21F3N4O.HI/c1-14-6-8-16(9-7-14)18-12-26-19(29-18)13-28-20(25-2)27-11-15-4-3-5-17(10-15)21(22,23)24;/h3-10,12H,11,13H2,1-2H3,(H2,25,27,28);1H. The fourth-order valence-electron chi connectivity index (χ4n) is 2.67. The van der Waals surface area contributed by atoms with Crippen LogP contribution in [0.1, 0.15) is 22.6 Å². The molecule has 160 valence electrons. The second-order valence-electron chi connectivity index (χ2n) is 6.46. The number of nitrogens with one attached hydrogen (secondary N) is 2. The molecular weight excluding hydrogens is 508 g/mol. The molecule has 2 N–H and O–H groups in total. The highest BCUT2D eigenvalue weighted by atomic mass is 127. The van der Waals surface area contributed by atoms with Gasteiger partial charge in [0.2, 0.25) is 5.89 Å². The van der Waals surface area contributed by atoms with E-state index >= 15 is 0 Å². The van der Waals surface area contributed by atoms with Gasteiger partial charge >= 0.3 is 6.18 Å². The van der Waals surface area contributed by atoms with Gasteiger partial charge in [-0.25, -0.2) is 4.98 Å². The molecule has 0 aliphatic heterocycles. The summed E-state index contributed by atoms with van der Waals surface area (Å²) in [5.74, 6) is 1.56. The van der Waals surface area contributed by atoms with Crippen molar-refractivity contribution in [2.45, 2.75) is 26.2 Å². The summed E-state index contributed by atoms with van der Waals surface area (Å²) in [7, 11) is 1.58. The number of rotatable bonds is 5. The average molecular weight is 530 g/mol. The number of hydrogen-bond acceptors (Lipinski definition) is 3. The predicted octanol–water partition coefficient (Wildman–Crippen LogP) is 5.15. The molecule has 0 saturated heterocycles. The monoisotopic (exact) mass is 530 g/mol. The molecule has 2 aromatic carbocycles. The summed E-state index contributed by atoms with van der Waals surface area (Å²) in [4.78, 5) is 8.31. The number of benzene rings is 2. The van der Waals surface area contributed by atoms with Crippen LogP contribution in [0, 0.1) is 6.92 Å². The SMILES string of the molecule is CN=C(NCc1cccc(C(F)(F)F)c1)NCc1ncc(-c2ccc(C)cc2)o1.I. The fraction of sp³-hybridized carbons (Fsp3) is 0.238. The number of nitrogens with zero attached hydrogens (tertiary/aromatic N) is 2. The summed E-state index contributed by atoms with van der Waals surface area (Å²) in [5, 5.41) is 6.02. The molecule has 5 nitrogen and oxygen atoms in total. The van der Waals surface area contributed by atoms with Gasteiger partial charge in [-0.15, -0.1) is 24.0 Å². The molecule has 0 aliphatic rings. The van der Waals surface area contributed by atoms with Gasteiger partial charge in [0.15, 0.2) is 11.7 Å². The number of aryl methyl sites for hydroxylation is 1. The van der Waals surface area contributed by atoms with E-state index in [-0.39, 0.29) is 37.1 Å². The zero-order valence-corrected chi connectivity index (χ0v) is 18.8. The molecule has 3 rings (SSSR count). The Morgan fingerprint density at radius 3 is 2.43 bits per heavy atom. The minimum Gasteiger partial charge on any atom is -0.439 e. The summed E-state index contributed by atoms with van der Waals surface area (Å²) in [6.45, 7) is 2.50. The first-order valence-electron chi connectivity index (χ1n) is 8.97. The van der Waals surface area contributed by atoms with Crippen LogP contribution in [0.25, 0.3) is 11.3 Å². The van der Waals surface area contributed by atoms with Crippen molar-refractivity contribution in [1.82, 2.24) is 15.6 Å². The zero-order chi connectivity index (χ0) is 20.9. The van der Waals surface area contributed by atoms with E-state index in [1.807, 2.05) is 31.2 Å². The maximum atomic E-state index is 12.8. The predicted molar refractivity (Wildman–Crippen MR) is 121 cm³/mol. The Balaban J connectivity index is 0.00000320. The van der Waals surface area contributed by atoms with Crippen LogP contribution in [0.15, 0.2) is 64.1 Å². The number of halogens is 4. The van der Waals surface area contributed by atoms with Gasteiger partial charge in [0, 0.05) is 19.2 Å². The summed E-state index contributed by atoms with van der Waals surface area (Å²) >= 11 is 0. The van der Waals surface area contributed by atoms with Crippen LogP contribution in [0.3, 0.4) is 0 Å². The van der Waals surface area contributed by atoms with E-state index in [0.717, 1.165) is 23.3 Å². The lowest BCUT2D eigenvalue weighted by molar-refractivity contribution is -0.137. The van der Waals surface area contributed by atoms with Crippen LogP contribution in [0.2, 0.25) is 0 Å². The fourth-order valence-corrected chi connectivity index (χ4v) is 2.67. The van der Waals surface area contributed by atoms with Crippen molar-refractivity contribution in [3.63, 3.8) is 0 Å². The molecule has 0 saturated carbocycles. The Morgan fingerprint density at radius 2 is 1.77 bits per heavy atom. The molecule has 0 fully saturated rings. The van der Waals surface area contributed by atoms with Gasteiger partial charge in [0.1, 0.15) is 0 Å². The molecule has 1 aromatic heterocycles. The Kier molecular flexibility index (Phi) is 8.27. The third-order valence-corrected chi connectivity index (χ3v) is 4.23. The number of oxazole rings is 1. The lowest BCUT2D eigenvalue weighted by atomic mass is 10.1. The van der Waals surface area contributed by atoms with Gasteiger partial charge < -0.3 is 15.1 Å². The minimum atomic E-state index is -4.37. The number of aromatic nitrogens is 1. The largest absolute Gasteiger partial charge is 0.439 e. The molecule has 0 aliphatic carbocycles. The topological polar surface area (TPSA) is 62.5 Å². The quantitative estimate of drug-likeness (QED) is 0.272. The van der Waals surface area contributed by atoms with Crippen molar-refractivity contribution < 1.29 is 17.6 Å². The molecule has 1 heterocycles. The smallest absolute Gasteiger partial charge is 0.416 e. The molecule has 0 spiro atoms. The van der Waals surface area contributed by atoms with E-state index in [0.29, 0.717) is 23.2 Å². The van der Waals surface area contributed by atoms with Gasteiger partial charge in [0.05, 0.1) is 18.3 Å².